The first kappa shape index (κ1) is 15.9. The lowest BCUT2D eigenvalue weighted by Crippen LogP contribution is -2.40. The average molecular weight is 361 g/mol. The lowest BCUT2D eigenvalue weighted by molar-refractivity contribution is -0.128. The van der Waals surface area contributed by atoms with Crippen LogP contribution < -0.4 is 5.32 Å². The van der Waals surface area contributed by atoms with E-state index in [0.717, 1.165) is 12.1 Å². The third-order valence-corrected chi connectivity index (χ3v) is 4.21. The second-order valence-electron chi connectivity index (χ2n) is 5.36. The Kier molecular flexibility index (Phi) is 4.32. The van der Waals surface area contributed by atoms with Crippen molar-refractivity contribution in [1.29, 1.82) is 0 Å². The number of hydrogen-bond donors (Lipinski definition) is 1. The van der Waals surface area contributed by atoms with Gasteiger partial charge in [0.05, 0.1) is 5.41 Å². The molecule has 1 unspecified atom stereocenters. The first-order valence-corrected chi connectivity index (χ1v) is 7.24. The number of likely N-dealkylation sites (tertiary alicyclic amines) is 1. The fraction of sp³-hybridized carbons (Fsp3) is 0.429. The lowest BCUT2D eigenvalue weighted by Gasteiger charge is -2.23. The van der Waals surface area contributed by atoms with Crippen LogP contribution in [0.25, 0.3) is 0 Å². The Morgan fingerprint density at radius 3 is 2.43 bits per heavy atom. The van der Waals surface area contributed by atoms with Crippen molar-refractivity contribution < 1.29 is 18.4 Å². The summed E-state index contributed by atoms with van der Waals surface area (Å²) in [6.07, 6.45) is 0.457. The van der Waals surface area contributed by atoms with Gasteiger partial charge in [-0.1, -0.05) is 15.9 Å². The maximum Gasteiger partial charge on any atom is 0.259 e. The van der Waals surface area contributed by atoms with Crippen LogP contribution in [-0.4, -0.2) is 36.9 Å². The van der Waals surface area contributed by atoms with Crippen LogP contribution in [0.2, 0.25) is 0 Å². The Labute approximate surface area is 129 Å². The minimum absolute atomic E-state index is 0.139. The summed E-state index contributed by atoms with van der Waals surface area (Å²) in [5.41, 5.74) is -1.31. The number of halogens is 3. The Hall–Kier alpha value is -1.50. The Balaban J connectivity index is 2.25. The maximum atomic E-state index is 13.8. The highest BCUT2D eigenvalue weighted by Crippen LogP contribution is 2.32. The molecule has 1 atom stereocenters. The Morgan fingerprint density at radius 2 is 1.90 bits per heavy atom. The van der Waals surface area contributed by atoms with Crippen LogP contribution in [0, 0.1) is 17.0 Å². The molecule has 1 fully saturated rings. The monoisotopic (exact) mass is 360 g/mol. The highest BCUT2D eigenvalue weighted by molar-refractivity contribution is 9.10. The molecule has 21 heavy (non-hydrogen) atoms. The van der Waals surface area contributed by atoms with Crippen LogP contribution in [0.4, 0.5) is 8.78 Å². The van der Waals surface area contributed by atoms with Gasteiger partial charge in [-0.25, -0.2) is 8.78 Å². The van der Waals surface area contributed by atoms with E-state index in [2.05, 4.69) is 21.2 Å². The lowest BCUT2D eigenvalue weighted by atomic mass is 9.89. The van der Waals surface area contributed by atoms with Crippen LogP contribution in [-0.2, 0) is 4.79 Å². The molecule has 0 aromatic heterocycles. The van der Waals surface area contributed by atoms with Gasteiger partial charge in [0.2, 0.25) is 5.91 Å². The molecular formula is C14H15BrF2N2O2. The van der Waals surface area contributed by atoms with E-state index in [1.54, 1.807) is 6.92 Å². The molecule has 1 aliphatic rings. The van der Waals surface area contributed by atoms with Gasteiger partial charge in [0, 0.05) is 24.6 Å². The van der Waals surface area contributed by atoms with Gasteiger partial charge in [-0.05, 0) is 25.5 Å². The third-order valence-electron chi connectivity index (χ3n) is 3.76. The van der Waals surface area contributed by atoms with Crippen molar-refractivity contribution in [2.45, 2.75) is 13.3 Å². The van der Waals surface area contributed by atoms with Crippen LogP contribution >= 0.6 is 15.9 Å². The number of amides is 2. The number of benzene rings is 1. The second-order valence-corrected chi connectivity index (χ2v) is 6.28. The summed E-state index contributed by atoms with van der Waals surface area (Å²) in [6, 6.07) is 2.09. The smallest absolute Gasteiger partial charge is 0.259 e. The molecule has 0 spiro atoms. The van der Waals surface area contributed by atoms with Crippen molar-refractivity contribution in [3.63, 3.8) is 0 Å². The zero-order chi connectivity index (χ0) is 15.8. The van der Waals surface area contributed by atoms with E-state index < -0.39 is 28.5 Å². The fourth-order valence-electron chi connectivity index (χ4n) is 2.53. The number of nitrogens with zero attached hydrogens (tertiary/aromatic N) is 1. The quantitative estimate of drug-likeness (QED) is 0.879. The maximum absolute atomic E-state index is 13.8. The van der Waals surface area contributed by atoms with Gasteiger partial charge in [-0.15, -0.1) is 0 Å². The van der Waals surface area contributed by atoms with Crippen LogP contribution in [0.3, 0.4) is 0 Å². The summed E-state index contributed by atoms with van der Waals surface area (Å²) in [5.74, 6) is -2.75. The predicted octanol–water partition coefficient (Wildman–Crippen LogP) is 2.33. The fourth-order valence-corrected chi connectivity index (χ4v) is 2.93. The van der Waals surface area contributed by atoms with Crippen molar-refractivity contribution in [3.05, 3.63) is 33.8 Å². The molecule has 7 heteroatoms. The van der Waals surface area contributed by atoms with E-state index in [9.17, 15) is 18.4 Å². The summed E-state index contributed by atoms with van der Waals surface area (Å²) < 4.78 is 27.9. The van der Waals surface area contributed by atoms with Crippen LogP contribution in [0.15, 0.2) is 16.6 Å². The number of carbonyl (C=O) groups excluding carboxylic acids is 2. The molecular weight excluding hydrogens is 346 g/mol. The van der Waals surface area contributed by atoms with E-state index in [-0.39, 0.29) is 23.5 Å². The molecule has 1 aromatic rings. The van der Waals surface area contributed by atoms with Gasteiger partial charge >= 0.3 is 0 Å². The topological polar surface area (TPSA) is 49.4 Å². The van der Waals surface area contributed by atoms with E-state index >= 15 is 0 Å². The van der Waals surface area contributed by atoms with Crippen LogP contribution in [0.1, 0.15) is 23.7 Å². The van der Waals surface area contributed by atoms with Crippen molar-refractivity contribution in [2.24, 2.45) is 5.41 Å². The van der Waals surface area contributed by atoms with Crippen molar-refractivity contribution in [2.75, 3.05) is 20.1 Å². The number of hydrogen-bond acceptors (Lipinski definition) is 2. The standard InChI is InChI=1S/C14H15BrF2N2O2/c1-14(13(21)18-2)3-4-19(7-14)12(20)11-9(16)5-8(15)6-10(11)17/h5-6H,3-4,7H2,1-2H3,(H,18,21). The molecule has 114 valence electrons. The van der Waals surface area contributed by atoms with E-state index in [0.29, 0.717) is 6.42 Å². The first-order valence-electron chi connectivity index (χ1n) is 6.44. The average Bonchev–Trinajstić information content (AvgIpc) is 2.80. The van der Waals surface area contributed by atoms with Gasteiger partial charge in [0.15, 0.2) is 0 Å². The van der Waals surface area contributed by atoms with E-state index in [1.807, 2.05) is 0 Å². The van der Waals surface area contributed by atoms with Crippen LogP contribution in [0.5, 0.6) is 0 Å². The van der Waals surface area contributed by atoms with Gasteiger partial charge in [0.25, 0.3) is 5.91 Å². The summed E-state index contributed by atoms with van der Waals surface area (Å²) in [5, 5.41) is 2.55. The predicted molar refractivity (Wildman–Crippen MR) is 76.8 cm³/mol. The molecule has 0 radical (unpaired) electrons. The SMILES string of the molecule is CNC(=O)C1(C)CCN(C(=O)c2c(F)cc(Br)cc2F)C1. The molecule has 4 nitrogen and oxygen atoms in total. The molecule has 1 N–H and O–H groups in total. The summed E-state index contributed by atoms with van der Waals surface area (Å²) in [4.78, 5) is 25.4. The zero-order valence-corrected chi connectivity index (χ0v) is 13.3. The highest BCUT2D eigenvalue weighted by Gasteiger charge is 2.42. The van der Waals surface area contributed by atoms with E-state index in [1.165, 1.54) is 11.9 Å². The molecule has 1 saturated heterocycles. The molecule has 0 saturated carbocycles. The third kappa shape index (κ3) is 2.92. The Bertz CT molecular complexity index is 586. The zero-order valence-electron chi connectivity index (χ0n) is 11.7. The van der Waals surface area contributed by atoms with Crippen molar-refractivity contribution in [1.82, 2.24) is 10.2 Å². The Morgan fingerprint density at radius 1 is 1.33 bits per heavy atom. The minimum Gasteiger partial charge on any atom is -0.359 e. The van der Waals surface area contributed by atoms with Gasteiger partial charge in [-0.2, -0.15) is 0 Å². The second kappa shape index (κ2) is 5.71. The van der Waals surface area contributed by atoms with Crippen molar-refractivity contribution >= 4 is 27.7 Å². The minimum atomic E-state index is -0.916. The molecule has 2 rings (SSSR count). The van der Waals surface area contributed by atoms with Gasteiger partial charge < -0.3 is 10.2 Å². The molecule has 1 heterocycles. The highest BCUT2D eigenvalue weighted by atomic mass is 79.9. The van der Waals surface area contributed by atoms with Gasteiger partial charge in [0.1, 0.15) is 17.2 Å². The molecule has 2 amide bonds. The number of carbonyl (C=O) groups is 2. The van der Waals surface area contributed by atoms with Gasteiger partial charge in [-0.3, -0.25) is 9.59 Å². The summed E-state index contributed by atoms with van der Waals surface area (Å²) >= 11 is 2.97. The normalized spacial score (nSPS) is 21.5. The number of nitrogens with one attached hydrogen (secondary N) is 1. The molecule has 0 bridgehead atoms. The largest absolute Gasteiger partial charge is 0.359 e. The van der Waals surface area contributed by atoms with E-state index in [4.69, 9.17) is 0 Å². The summed E-state index contributed by atoms with van der Waals surface area (Å²) in [7, 11) is 1.52. The summed E-state index contributed by atoms with van der Waals surface area (Å²) in [6.45, 7) is 2.16. The molecule has 1 aromatic carbocycles. The first-order chi connectivity index (χ1) is 9.78. The number of rotatable bonds is 2. The molecule has 1 aliphatic heterocycles. The van der Waals surface area contributed by atoms with Crippen molar-refractivity contribution in [3.8, 4) is 0 Å². The molecule has 0 aliphatic carbocycles.